The Balaban J connectivity index is 2.15. The zero-order chi connectivity index (χ0) is 15.4. The maximum atomic E-state index is 12.3. The molecule has 0 aliphatic carbocycles. The van der Waals surface area contributed by atoms with Gasteiger partial charge in [-0.1, -0.05) is 27.2 Å². The summed E-state index contributed by atoms with van der Waals surface area (Å²) < 4.78 is 0. The Morgan fingerprint density at radius 3 is 2.76 bits per heavy atom. The van der Waals surface area contributed by atoms with Crippen LogP contribution in [0.25, 0.3) is 0 Å². The molecule has 0 aliphatic heterocycles. The average Bonchev–Trinajstić information content (AvgIpc) is 2.87. The monoisotopic (exact) mass is 304 g/mol. The van der Waals surface area contributed by atoms with E-state index in [9.17, 15) is 4.79 Å². The molecule has 2 aromatic rings. The summed E-state index contributed by atoms with van der Waals surface area (Å²) in [6, 6.07) is 3.37. The number of pyridine rings is 1. The molecule has 2 rings (SSSR count). The van der Waals surface area contributed by atoms with Crippen molar-refractivity contribution < 1.29 is 4.79 Å². The first-order chi connectivity index (χ1) is 9.99. The minimum Gasteiger partial charge on any atom is -0.384 e. The second kappa shape index (κ2) is 6.67. The van der Waals surface area contributed by atoms with Gasteiger partial charge in [-0.05, 0) is 24.5 Å². The molecular weight excluding hydrogens is 284 g/mol. The summed E-state index contributed by atoms with van der Waals surface area (Å²) in [5, 5.41) is 5.38. The first-order valence-electron chi connectivity index (χ1n) is 7.02. The maximum Gasteiger partial charge on any atom is 0.257 e. The van der Waals surface area contributed by atoms with Gasteiger partial charge >= 0.3 is 0 Å². The molecule has 0 aromatic carbocycles. The van der Waals surface area contributed by atoms with Gasteiger partial charge in [0, 0.05) is 16.6 Å². The van der Waals surface area contributed by atoms with Gasteiger partial charge < -0.3 is 5.73 Å². The summed E-state index contributed by atoms with van der Waals surface area (Å²) in [4.78, 5) is 20.9. The molecule has 2 aromatic heterocycles. The number of aromatic nitrogens is 2. The number of hydrogen-bond acceptors (Lipinski definition) is 5. The predicted octanol–water partition coefficient (Wildman–Crippen LogP) is 3.45. The van der Waals surface area contributed by atoms with Gasteiger partial charge in [0.2, 0.25) is 0 Å². The van der Waals surface area contributed by atoms with Crippen LogP contribution in [0, 0.1) is 0 Å². The van der Waals surface area contributed by atoms with Crippen molar-refractivity contribution in [1.29, 1.82) is 0 Å². The van der Waals surface area contributed by atoms with Crippen molar-refractivity contribution in [2.45, 2.75) is 39.5 Å². The second-order valence-electron chi connectivity index (χ2n) is 5.21. The fourth-order valence-corrected chi connectivity index (χ4v) is 2.77. The number of carbonyl (C=O) groups is 1. The topological polar surface area (TPSA) is 80.9 Å². The molecule has 5 nitrogen and oxygen atoms in total. The number of hydrogen-bond donors (Lipinski definition) is 2. The third kappa shape index (κ3) is 4.01. The molecule has 0 saturated heterocycles. The molecule has 1 amide bonds. The van der Waals surface area contributed by atoms with Crippen molar-refractivity contribution in [1.82, 2.24) is 9.97 Å². The predicted molar refractivity (Wildman–Crippen MR) is 86.8 cm³/mol. The van der Waals surface area contributed by atoms with Crippen LogP contribution in [0.15, 0.2) is 17.5 Å². The van der Waals surface area contributed by atoms with Crippen LogP contribution in [-0.4, -0.2) is 15.9 Å². The van der Waals surface area contributed by atoms with Crippen LogP contribution in [0.1, 0.15) is 54.9 Å². The fourth-order valence-electron chi connectivity index (χ4n) is 1.90. The number of aryl methyl sites for hydroxylation is 1. The zero-order valence-electron chi connectivity index (χ0n) is 12.5. The van der Waals surface area contributed by atoms with Crippen LogP contribution in [0.5, 0.6) is 0 Å². The lowest BCUT2D eigenvalue weighted by atomic mass is 10.1. The minimum absolute atomic E-state index is 0.203. The van der Waals surface area contributed by atoms with Crippen LogP contribution in [-0.2, 0) is 6.42 Å². The summed E-state index contributed by atoms with van der Waals surface area (Å²) in [5.41, 5.74) is 8.10. The zero-order valence-corrected chi connectivity index (χ0v) is 13.3. The summed E-state index contributed by atoms with van der Waals surface area (Å²) in [6.07, 6.45) is 1.77. The van der Waals surface area contributed by atoms with Gasteiger partial charge in [0.25, 0.3) is 5.91 Å². The molecular formula is C15H20N4OS. The Kier molecular flexibility index (Phi) is 4.90. The Morgan fingerprint density at radius 2 is 2.14 bits per heavy atom. The average molecular weight is 304 g/mol. The maximum absolute atomic E-state index is 12.3. The molecule has 0 spiro atoms. The smallest absolute Gasteiger partial charge is 0.257 e. The van der Waals surface area contributed by atoms with Gasteiger partial charge in [-0.2, -0.15) is 0 Å². The molecule has 0 fully saturated rings. The van der Waals surface area contributed by atoms with E-state index in [4.69, 9.17) is 5.73 Å². The van der Waals surface area contributed by atoms with Crippen molar-refractivity contribution in [3.63, 3.8) is 0 Å². The third-order valence-electron chi connectivity index (χ3n) is 3.00. The van der Waals surface area contributed by atoms with Gasteiger partial charge in [-0.25, -0.2) is 9.97 Å². The lowest BCUT2D eigenvalue weighted by Gasteiger charge is -2.06. The molecule has 0 atom stereocenters. The van der Waals surface area contributed by atoms with E-state index in [0.29, 0.717) is 22.4 Å². The number of amides is 1. The number of nitrogens with one attached hydrogen (secondary N) is 1. The number of thiazole rings is 1. The molecule has 6 heteroatoms. The molecule has 3 N–H and O–H groups in total. The number of nitrogen functional groups attached to an aromatic ring is 1. The Morgan fingerprint density at radius 1 is 1.38 bits per heavy atom. The summed E-state index contributed by atoms with van der Waals surface area (Å²) in [7, 11) is 0. The number of nitrogens with two attached hydrogens (primary N) is 1. The van der Waals surface area contributed by atoms with Crippen LogP contribution >= 0.6 is 11.3 Å². The Hall–Kier alpha value is -1.95. The first-order valence-corrected chi connectivity index (χ1v) is 7.90. The number of rotatable bonds is 5. The van der Waals surface area contributed by atoms with E-state index >= 15 is 0 Å². The van der Waals surface area contributed by atoms with E-state index in [1.807, 2.05) is 5.38 Å². The number of nitrogens with zero attached hydrogens (tertiary/aromatic N) is 2. The summed E-state index contributed by atoms with van der Waals surface area (Å²) in [5.74, 6) is 0.513. The molecule has 0 saturated carbocycles. The molecule has 2 heterocycles. The standard InChI is InChI=1S/C15H20N4OS/c1-4-5-11-6-10(7-13(16)17-11)14(20)19-15-18-12(8-21-15)9(2)3/h6-9H,4-5H2,1-3H3,(H2,16,17)(H,18,19,20). The summed E-state index contributed by atoms with van der Waals surface area (Å²) >= 11 is 1.43. The molecule has 0 radical (unpaired) electrons. The Labute approximate surface area is 128 Å². The van der Waals surface area contributed by atoms with Crippen LogP contribution < -0.4 is 11.1 Å². The Bertz CT molecular complexity index is 636. The SMILES string of the molecule is CCCc1cc(C(=O)Nc2nc(C(C)C)cs2)cc(N)n1. The van der Waals surface area contributed by atoms with Crippen LogP contribution in [0.4, 0.5) is 10.9 Å². The van der Waals surface area contributed by atoms with E-state index < -0.39 is 0 Å². The van der Waals surface area contributed by atoms with E-state index in [2.05, 4.69) is 36.1 Å². The summed E-state index contributed by atoms with van der Waals surface area (Å²) in [6.45, 7) is 6.20. The first kappa shape index (κ1) is 15.4. The van der Waals surface area contributed by atoms with E-state index in [1.54, 1.807) is 12.1 Å². The molecule has 21 heavy (non-hydrogen) atoms. The highest BCUT2D eigenvalue weighted by molar-refractivity contribution is 7.14. The van der Waals surface area contributed by atoms with Crippen molar-refractivity contribution >= 4 is 28.2 Å². The molecule has 0 aliphatic rings. The van der Waals surface area contributed by atoms with Gasteiger partial charge in [0.15, 0.2) is 5.13 Å². The lowest BCUT2D eigenvalue weighted by molar-refractivity contribution is 0.102. The minimum atomic E-state index is -0.203. The molecule has 0 unspecified atom stereocenters. The number of anilines is 2. The van der Waals surface area contributed by atoms with Crippen molar-refractivity contribution in [3.8, 4) is 0 Å². The van der Waals surface area contributed by atoms with Gasteiger partial charge in [0.05, 0.1) is 5.69 Å². The highest BCUT2D eigenvalue weighted by Crippen LogP contribution is 2.22. The highest BCUT2D eigenvalue weighted by Gasteiger charge is 2.12. The lowest BCUT2D eigenvalue weighted by Crippen LogP contribution is -2.13. The second-order valence-corrected chi connectivity index (χ2v) is 6.07. The quantitative estimate of drug-likeness (QED) is 0.886. The van der Waals surface area contributed by atoms with Crippen LogP contribution in [0.2, 0.25) is 0 Å². The van der Waals surface area contributed by atoms with Gasteiger partial charge in [0.1, 0.15) is 5.82 Å². The van der Waals surface area contributed by atoms with Crippen LogP contribution in [0.3, 0.4) is 0 Å². The molecule has 0 bridgehead atoms. The van der Waals surface area contributed by atoms with Gasteiger partial charge in [-0.15, -0.1) is 11.3 Å². The third-order valence-corrected chi connectivity index (χ3v) is 3.78. The van der Waals surface area contributed by atoms with Crippen molar-refractivity contribution in [2.24, 2.45) is 0 Å². The van der Waals surface area contributed by atoms with E-state index in [1.165, 1.54) is 11.3 Å². The largest absolute Gasteiger partial charge is 0.384 e. The van der Waals surface area contributed by atoms with Crippen molar-refractivity contribution in [3.05, 3.63) is 34.5 Å². The number of carbonyl (C=O) groups excluding carboxylic acids is 1. The highest BCUT2D eigenvalue weighted by atomic mass is 32.1. The van der Waals surface area contributed by atoms with E-state index in [-0.39, 0.29) is 5.91 Å². The normalized spacial score (nSPS) is 10.9. The van der Waals surface area contributed by atoms with Crippen molar-refractivity contribution in [2.75, 3.05) is 11.1 Å². The van der Waals surface area contributed by atoms with E-state index in [0.717, 1.165) is 24.2 Å². The molecule has 112 valence electrons. The fraction of sp³-hybridized carbons (Fsp3) is 0.400. The van der Waals surface area contributed by atoms with Gasteiger partial charge in [-0.3, -0.25) is 10.1 Å².